The van der Waals surface area contributed by atoms with Crippen LogP contribution < -0.4 is 9.62 Å². The van der Waals surface area contributed by atoms with Gasteiger partial charge in [0.1, 0.15) is 6.54 Å². The zero-order valence-corrected chi connectivity index (χ0v) is 18.8. The summed E-state index contributed by atoms with van der Waals surface area (Å²) in [5, 5.41) is 3.35. The highest BCUT2D eigenvalue weighted by molar-refractivity contribution is 9.10. The van der Waals surface area contributed by atoms with Gasteiger partial charge in [0.25, 0.3) is 10.0 Å². The average Bonchev–Trinajstić information content (AvgIpc) is 2.67. The summed E-state index contributed by atoms with van der Waals surface area (Å²) in [6.07, 6.45) is 0. The minimum atomic E-state index is -3.97. The molecule has 9 heteroatoms. The van der Waals surface area contributed by atoms with Crippen LogP contribution in [0.2, 0.25) is 10.0 Å². The molecule has 0 aliphatic heterocycles. The molecule has 0 aromatic heterocycles. The van der Waals surface area contributed by atoms with Crippen molar-refractivity contribution in [2.24, 2.45) is 0 Å². The van der Waals surface area contributed by atoms with Gasteiger partial charge in [0.2, 0.25) is 5.91 Å². The fourth-order valence-electron chi connectivity index (χ4n) is 2.60. The van der Waals surface area contributed by atoms with Crippen LogP contribution in [0.15, 0.2) is 82.2 Å². The zero-order chi connectivity index (χ0) is 21.0. The highest BCUT2D eigenvalue weighted by Gasteiger charge is 2.27. The quantitative estimate of drug-likeness (QED) is 0.467. The molecule has 0 atom stereocenters. The molecule has 3 aromatic carbocycles. The van der Waals surface area contributed by atoms with E-state index in [0.29, 0.717) is 21.4 Å². The molecule has 1 N–H and O–H groups in total. The highest BCUT2D eigenvalue weighted by atomic mass is 79.9. The Morgan fingerprint density at radius 2 is 1.52 bits per heavy atom. The van der Waals surface area contributed by atoms with Crippen molar-refractivity contribution in [3.8, 4) is 0 Å². The van der Waals surface area contributed by atoms with Crippen molar-refractivity contribution in [1.82, 2.24) is 0 Å². The van der Waals surface area contributed by atoms with Crippen LogP contribution in [0.25, 0.3) is 0 Å². The zero-order valence-electron chi connectivity index (χ0n) is 14.8. The maximum absolute atomic E-state index is 13.2. The first-order valence-electron chi connectivity index (χ1n) is 8.35. The highest BCUT2D eigenvalue weighted by Crippen LogP contribution is 2.26. The van der Waals surface area contributed by atoms with Crippen molar-refractivity contribution < 1.29 is 13.2 Å². The van der Waals surface area contributed by atoms with Crippen molar-refractivity contribution in [3.63, 3.8) is 0 Å². The number of hydrogen-bond donors (Lipinski definition) is 1. The van der Waals surface area contributed by atoms with Crippen molar-refractivity contribution in [1.29, 1.82) is 0 Å². The number of halogens is 3. The van der Waals surface area contributed by atoms with Gasteiger partial charge < -0.3 is 5.32 Å². The summed E-state index contributed by atoms with van der Waals surface area (Å²) in [5.41, 5.74) is 0.733. The topological polar surface area (TPSA) is 66.5 Å². The van der Waals surface area contributed by atoms with E-state index in [1.807, 2.05) is 0 Å². The van der Waals surface area contributed by atoms with Gasteiger partial charge in [-0.05, 0) is 54.6 Å². The normalized spacial score (nSPS) is 11.1. The Bertz CT molecular complexity index is 1100. The van der Waals surface area contributed by atoms with Gasteiger partial charge in [-0.15, -0.1) is 0 Å². The standard InChI is InChI=1S/C20H15BrCl2N2O3S/c21-14-6-8-18(9-7-14)25(29(27,28)19-4-2-1-3-5-19)13-20(26)24-17-11-15(22)10-16(23)12-17/h1-12H,13H2,(H,24,26). The van der Waals surface area contributed by atoms with Crippen LogP contribution in [0, 0.1) is 0 Å². The van der Waals surface area contributed by atoms with Gasteiger partial charge in [0, 0.05) is 20.2 Å². The number of carbonyl (C=O) groups excluding carboxylic acids is 1. The fraction of sp³-hybridized carbons (Fsp3) is 0.0500. The average molecular weight is 514 g/mol. The number of nitrogens with one attached hydrogen (secondary N) is 1. The van der Waals surface area contributed by atoms with Crippen LogP contribution in [0.5, 0.6) is 0 Å². The van der Waals surface area contributed by atoms with Gasteiger partial charge >= 0.3 is 0 Å². The van der Waals surface area contributed by atoms with Crippen LogP contribution in [0.4, 0.5) is 11.4 Å². The maximum atomic E-state index is 13.2. The van der Waals surface area contributed by atoms with Crippen LogP contribution in [0.3, 0.4) is 0 Å². The third-order valence-electron chi connectivity index (χ3n) is 3.88. The molecular weight excluding hydrogens is 499 g/mol. The predicted octanol–water partition coefficient (Wildman–Crippen LogP) is 5.59. The molecule has 29 heavy (non-hydrogen) atoms. The monoisotopic (exact) mass is 512 g/mol. The Morgan fingerprint density at radius 1 is 0.931 bits per heavy atom. The lowest BCUT2D eigenvalue weighted by molar-refractivity contribution is -0.114. The van der Waals surface area contributed by atoms with E-state index in [1.165, 1.54) is 30.3 Å². The Morgan fingerprint density at radius 3 is 2.10 bits per heavy atom. The number of amides is 1. The van der Waals surface area contributed by atoms with Gasteiger partial charge in [0.15, 0.2) is 0 Å². The molecule has 0 spiro atoms. The predicted molar refractivity (Wildman–Crippen MR) is 120 cm³/mol. The summed E-state index contributed by atoms with van der Waals surface area (Å²) in [4.78, 5) is 12.7. The molecule has 0 aliphatic carbocycles. The smallest absolute Gasteiger partial charge is 0.264 e. The molecule has 0 bridgehead atoms. The second-order valence-corrected chi connectivity index (χ2v) is 9.66. The van der Waals surface area contributed by atoms with Crippen LogP contribution in [-0.2, 0) is 14.8 Å². The molecule has 0 aliphatic rings. The molecule has 150 valence electrons. The van der Waals surface area contributed by atoms with E-state index in [0.717, 1.165) is 8.78 Å². The second kappa shape index (κ2) is 9.17. The molecule has 5 nitrogen and oxygen atoms in total. The Kier molecular flexibility index (Phi) is 6.85. The van der Waals surface area contributed by atoms with Gasteiger partial charge in [-0.2, -0.15) is 0 Å². The SMILES string of the molecule is O=C(CN(c1ccc(Br)cc1)S(=O)(=O)c1ccccc1)Nc1cc(Cl)cc(Cl)c1. The van der Waals surface area contributed by atoms with Gasteiger partial charge in [0.05, 0.1) is 10.6 Å². The number of rotatable bonds is 6. The van der Waals surface area contributed by atoms with Crippen molar-refractivity contribution in [2.45, 2.75) is 4.90 Å². The van der Waals surface area contributed by atoms with Gasteiger partial charge in [-0.1, -0.05) is 57.3 Å². The third-order valence-corrected chi connectivity index (χ3v) is 6.63. The fourth-order valence-corrected chi connectivity index (χ4v) is 4.83. The molecule has 0 fully saturated rings. The van der Waals surface area contributed by atoms with Crippen molar-refractivity contribution in [3.05, 3.63) is 87.3 Å². The van der Waals surface area contributed by atoms with Crippen LogP contribution in [0.1, 0.15) is 0 Å². The van der Waals surface area contributed by atoms with Crippen molar-refractivity contribution in [2.75, 3.05) is 16.2 Å². The van der Waals surface area contributed by atoms with E-state index < -0.39 is 22.5 Å². The summed E-state index contributed by atoms with van der Waals surface area (Å²) in [6, 6.07) is 19.2. The van der Waals surface area contributed by atoms with E-state index in [9.17, 15) is 13.2 Å². The molecule has 3 aromatic rings. The van der Waals surface area contributed by atoms with E-state index >= 15 is 0 Å². The van der Waals surface area contributed by atoms with E-state index in [4.69, 9.17) is 23.2 Å². The Hall–Kier alpha value is -2.06. The molecule has 1 amide bonds. The van der Waals surface area contributed by atoms with E-state index in [2.05, 4.69) is 21.2 Å². The number of nitrogens with zero attached hydrogens (tertiary/aromatic N) is 1. The number of anilines is 2. The summed E-state index contributed by atoms with van der Waals surface area (Å²) in [5.74, 6) is -0.536. The summed E-state index contributed by atoms with van der Waals surface area (Å²) in [7, 11) is -3.97. The summed E-state index contributed by atoms with van der Waals surface area (Å²) in [6.45, 7) is -0.428. The van der Waals surface area contributed by atoms with E-state index in [1.54, 1.807) is 42.5 Å². The molecule has 0 radical (unpaired) electrons. The second-order valence-electron chi connectivity index (χ2n) is 6.01. The van der Waals surface area contributed by atoms with Gasteiger partial charge in [-0.3, -0.25) is 9.10 Å². The number of hydrogen-bond acceptors (Lipinski definition) is 3. The molecule has 0 heterocycles. The third kappa shape index (κ3) is 5.51. The number of carbonyl (C=O) groups is 1. The lowest BCUT2D eigenvalue weighted by Gasteiger charge is -2.24. The number of sulfonamides is 1. The maximum Gasteiger partial charge on any atom is 0.264 e. The summed E-state index contributed by atoms with van der Waals surface area (Å²) >= 11 is 15.2. The molecule has 3 rings (SSSR count). The molecule has 0 unspecified atom stereocenters. The summed E-state index contributed by atoms with van der Waals surface area (Å²) < 4.78 is 28.3. The first-order chi connectivity index (χ1) is 13.8. The van der Waals surface area contributed by atoms with Crippen molar-refractivity contribution >= 4 is 66.4 Å². The largest absolute Gasteiger partial charge is 0.324 e. The lowest BCUT2D eigenvalue weighted by atomic mass is 10.3. The lowest BCUT2D eigenvalue weighted by Crippen LogP contribution is -2.38. The Balaban J connectivity index is 1.93. The molecule has 0 saturated carbocycles. The minimum Gasteiger partial charge on any atom is -0.324 e. The first kappa shape index (κ1) is 21.6. The molecule has 0 saturated heterocycles. The minimum absolute atomic E-state index is 0.0847. The Labute approximate surface area is 187 Å². The van der Waals surface area contributed by atoms with Crippen LogP contribution in [-0.4, -0.2) is 20.9 Å². The molecular formula is C20H15BrCl2N2O3S. The number of benzene rings is 3. The van der Waals surface area contributed by atoms with E-state index in [-0.39, 0.29) is 4.90 Å². The first-order valence-corrected chi connectivity index (χ1v) is 11.3. The van der Waals surface area contributed by atoms with Crippen LogP contribution >= 0.6 is 39.1 Å². The van der Waals surface area contributed by atoms with Gasteiger partial charge in [-0.25, -0.2) is 8.42 Å².